The molecule has 0 spiro atoms. The second-order valence-corrected chi connectivity index (χ2v) is 6.52. The number of hydrogen-bond acceptors (Lipinski definition) is 2. The van der Waals surface area contributed by atoms with E-state index in [2.05, 4.69) is 0 Å². The molecule has 0 saturated heterocycles. The van der Waals surface area contributed by atoms with Crippen LogP contribution in [0.2, 0.25) is 0 Å². The van der Waals surface area contributed by atoms with E-state index >= 15 is 0 Å². The monoisotopic (exact) mass is 313 g/mol. The Kier molecular flexibility index (Phi) is 3.73. The molecule has 4 nitrogen and oxygen atoms in total. The summed E-state index contributed by atoms with van der Waals surface area (Å²) >= 11 is -0.222. The summed E-state index contributed by atoms with van der Waals surface area (Å²) in [5, 5.41) is 10.0. The molecule has 1 aromatic heterocycles. The van der Waals surface area contributed by atoms with Crippen LogP contribution in [0.4, 0.5) is 0 Å². The molecular weight excluding hydrogens is 297 g/mol. The number of aliphatic carboxylic acids is 1. The van der Waals surface area contributed by atoms with Gasteiger partial charge in [0, 0.05) is 0 Å². The Morgan fingerprint density at radius 2 is 2.11 bits per heavy atom. The Labute approximate surface area is 111 Å². The summed E-state index contributed by atoms with van der Waals surface area (Å²) < 4.78 is 2.51. The van der Waals surface area contributed by atoms with E-state index < -0.39 is 12.0 Å². The summed E-state index contributed by atoms with van der Waals surface area (Å²) in [7, 11) is 0. The molecule has 1 heterocycles. The molecule has 0 bridgehead atoms. The zero-order chi connectivity index (χ0) is 13.3. The normalized spacial score (nSPS) is 14.6. The molecule has 0 fully saturated rings. The van der Waals surface area contributed by atoms with Crippen LogP contribution >= 0.6 is 0 Å². The van der Waals surface area contributed by atoms with Gasteiger partial charge >= 0.3 is 111 Å². The maximum atomic E-state index is 12.2. The molecule has 0 aliphatic heterocycles. The third-order valence-corrected chi connectivity index (χ3v) is 5.60. The molecule has 2 atom stereocenters. The fourth-order valence-electron chi connectivity index (χ4n) is 1.97. The topological polar surface area (TPSA) is 59.3 Å². The van der Waals surface area contributed by atoms with E-state index in [1.165, 1.54) is 3.56 Å². The summed E-state index contributed by atoms with van der Waals surface area (Å²) in [5.74, 6) is -0.949. The van der Waals surface area contributed by atoms with Crippen LogP contribution in [0.1, 0.15) is 26.3 Å². The van der Waals surface area contributed by atoms with Gasteiger partial charge in [0.25, 0.3) is 0 Å². The van der Waals surface area contributed by atoms with Crippen molar-refractivity contribution in [3.63, 3.8) is 0 Å². The summed E-state index contributed by atoms with van der Waals surface area (Å²) in [6.07, 6.45) is 0.743. The summed E-state index contributed by atoms with van der Waals surface area (Å²) in [4.78, 5) is 23.6. The molecule has 0 radical (unpaired) electrons. The molecule has 0 aliphatic rings. The van der Waals surface area contributed by atoms with Gasteiger partial charge in [-0.15, -0.1) is 0 Å². The Morgan fingerprint density at radius 1 is 1.44 bits per heavy atom. The van der Waals surface area contributed by atoms with Crippen LogP contribution in [-0.4, -0.2) is 29.4 Å². The van der Waals surface area contributed by atoms with Crippen molar-refractivity contribution in [3.8, 4) is 0 Å². The van der Waals surface area contributed by atoms with Crippen LogP contribution in [0.25, 0.3) is 9.65 Å². The predicted octanol–water partition coefficient (Wildman–Crippen LogP) is 1.73. The first-order valence-corrected chi connectivity index (χ1v) is 7.52. The van der Waals surface area contributed by atoms with Crippen molar-refractivity contribution in [2.24, 2.45) is 5.92 Å². The second-order valence-electron chi connectivity index (χ2n) is 4.39. The Bertz CT molecular complexity index is 628. The molecule has 2 unspecified atom stereocenters. The third kappa shape index (κ3) is 2.16. The van der Waals surface area contributed by atoms with Crippen LogP contribution in [0, 0.1) is 5.92 Å². The van der Waals surface area contributed by atoms with Gasteiger partial charge in [0.05, 0.1) is 0 Å². The molecule has 0 amide bonds. The van der Waals surface area contributed by atoms with E-state index in [4.69, 9.17) is 0 Å². The second kappa shape index (κ2) is 5.12. The Hall–Kier alpha value is -1.32. The van der Waals surface area contributed by atoms with Crippen molar-refractivity contribution in [1.29, 1.82) is 0 Å². The molecule has 5 heteroatoms. The van der Waals surface area contributed by atoms with Crippen molar-refractivity contribution in [2.45, 2.75) is 26.3 Å². The number of carbonyl (C=O) groups is 1. The zero-order valence-electron chi connectivity index (χ0n) is 10.3. The van der Waals surface area contributed by atoms with Crippen LogP contribution in [0.15, 0.2) is 29.1 Å². The van der Waals surface area contributed by atoms with Crippen LogP contribution < -0.4 is 5.56 Å². The Morgan fingerprint density at radius 3 is 2.67 bits per heavy atom. The summed E-state index contributed by atoms with van der Waals surface area (Å²) in [6, 6.07) is 6.67. The van der Waals surface area contributed by atoms with E-state index in [-0.39, 0.29) is 26.2 Å². The minimum absolute atomic E-state index is 0.0392. The number of aromatic nitrogens is 1. The van der Waals surface area contributed by atoms with Crippen LogP contribution in [0.3, 0.4) is 0 Å². The van der Waals surface area contributed by atoms with Gasteiger partial charge in [0.2, 0.25) is 0 Å². The van der Waals surface area contributed by atoms with E-state index in [9.17, 15) is 14.7 Å². The van der Waals surface area contributed by atoms with Gasteiger partial charge in [-0.25, -0.2) is 0 Å². The van der Waals surface area contributed by atoms with Gasteiger partial charge < -0.3 is 0 Å². The number of benzene rings is 1. The maximum absolute atomic E-state index is 12.2. The standard InChI is InChI=1S/C13H15NO3Se/c1-3-8(2)11(13(16)17)14-12(15)9-6-4-5-7-10(9)18-14/h4-8,11H,3H2,1-2H3,(H,16,17). The average Bonchev–Trinajstić information content (AvgIpc) is 2.67. The van der Waals surface area contributed by atoms with Crippen molar-refractivity contribution in [1.82, 2.24) is 3.56 Å². The zero-order valence-corrected chi connectivity index (χ0v) is 12.0. The number of rotatable bonds is 4. The fourth-order valence-corrected chi connectivity index (χ4v) is 4.48. The number of fused-ring (bicyclic) bond motifs is 1. The van der Waals surface area contributed by atoms with Gasteiger partial charge in [-0.1, -0.05) is 0 Å². The van der Waals surface area contributed by atoms with E-state index in [0.29, 0.717) is 5.39 Å². The summed E-state index contributed by atoms with van der Waals surface area (Å²) in [6.45, 7) is 3.83. The molecule has 1 N–H and O–H groups in total. The third-order valence-electron chi connectivity index (χ3n) is 3.20. The van der Waals surface area contributed by atoms with Gasteiger partial charge in [0.1, 0.15) is 0 Å². The van der Waals surface area contributed by atoms with E-state index in [0.717, 1.165) is 10.7 Å². The molecule has 96 valence electrons. The Balaban J connectivity index is 2.61. The van der Waals surface area contributed by atoms with Gasteiger partial charge in [-0.2, -0.15) is 0 Å². The predicted molar refractivity (Wildman–Crippen MR) is 71.3 cm³/mol. The first kappa shape index (κ1) is 13.1. The number of carboxylic acid groups (broad SMARTS) is 1. The molecule has 18 heavy (non-hydrogen) atoms. The number of carboxylic acids is 1. The number of hydrogen-bond donors (Lipinski definition) is 1. The average molecular weight is 312 g/mol. The first-order chi connectivity index (χ1) is 8.56. The van der Waals surface area contributed by atoms with Gasteiger partial charge in [-0.3, -0.25) is 0 Å². The molecule has 1 aromatic carbocycles. The van der Waals surface area contributed by atoms with Crippen LogP contribution in [-0.2, 0) is 4.79 Å². The molecule has 2 aromatic rings. The molecule has 0 aliphatic carbocycles. The van der Waals surface area contributed by atoms with Crippen molar-refractivity contribution >= 4 is 30.3 Å². The van der Waals surface area contributed by atoms with E-state index in [1.54, 1.807) is 6.07 Å². The minimum atomic E-state index is -0.910. The molecule has 0 saturated carbocycles. The SMILES string of the molecule is CCC(C)C(C(=O)O)n1[se]c2ccccc2c1=O. The van der Waals surface area contributed by atoms with Crippen molar-refractivity contribution in [2.75, 3.05) is 0 Å². The number of nitrogens with zero attached hydrogens (tertiary/aromatic N) is 1. The van der Waals surface area contributed by atoms with Gasteiger partial charge in [0.15, 0.2) is 0 Å². The van der Waals surface area contributed by atoms with Gasteiger partial charge in [-0.05, 0) is 0 Å². The quantitative estimate of drug-likeness (QED) is 0.875. The first-order valence-electron chi connectivity index (χ1n) is 5.89. The van der Waals surface area contributed by atoms with Crippen molar-refractivity contribution < 1.29 is 9.90 Å². The van der Waals surface area contributed by atoms with Crippen LogP contribution in [0.5, 0.6) is 0 Å². The molecular formula is C13H15NO3Se. The summed E-state index contributed by atoms with van der Waals surface area (Å²) in [5.41, 5.74) is -0.140. The van der Waals surface area contributed by atoms with Crippen molar-refractivity contribution in [3.05, 3.63) is 34.6 Å². The van der Waals surface area contributed by atoms with E-state index in [1.807, 2.05) is 32.0 Å². The fraction of sp³-hybridized carbons (Fsp3) is 0.385. The molecule has 2 rings (SSSR count).